The SMILES string of the molecule is NC1=C(OC2CCOC2)CCNC1. The third-order valence-corrected chi connectivity index (χ3v) is 2.40. The minimum atomic E-state index is 0.228. The van der Waals surface area contributed by atoms with Crippen molar-refractivity contribution in [1.82, 2.24) is 5.32 Å². The normalized spacial score (nSPS) is 29.4. The van der Waals surface area contributed by atoms with Gasteiger partial charge in [0, 0.05) is 25.9 Å². The number of nitrogens with one attached hydrogen (secondary N) is 1. The molecular weight excluding hydrogens is 168 g/mol. The first kappa shape index (κ1) is 8.84. The molecule has 0 spiro atoms. The van der Waals surface area contributed by atoms with Crippen molar-refractivity contribution in [2.45, 2.75) is 18.9 Å². The molecule has 1 fully saturated rings. The highest BCUT2D eigenvalue weighted by molar-refractivity contribution is 5.10. The van der Waals surface area contributed by atoms with Gasteiger partial charge in [-0.2, -0.15) is 0 Å². The van der Waals surface area contributed by atoms with Crippen molar-refractivity contribution < 1.29 is 9.47 Å². The first-order valence-electron chi connectivity index (χ1n) is 4.79. The van der Waals surface area contributed by atoms with Crippen LogP contribution in [-0.2, 0) is 9.47 Å². The maximum atomic E-state index is 5.81. The zero-order valence-electron chi connectivity index (χ0n) is 7.71. The van der Waals surface area contributed by atoms with E-state index in [1.807, 2.05) is 0 Å². The molecule has 0 aromatic rings. The molecule has 0 amide bonds. The van der Waals surface area contributed by atoms with Crippen LogP contribution in [0.5, 0.6) is 0 Å². The van der Waals surface area contributed by atoms with Crippen molar-refractivity contribution in [3.63, 3.8) is 0 Å². The van der Waals surface area contributed by atoms with Crippen molar-refractivity contribution in [3.05, 3.63) is 11.5 Å². The second-order valence-corrected chi connectivity index (χ2v) is 3.48. The lowest BCUT2D eigenvalue weighted by Crippen LogP contribution is -2.31. The molecule has 3 N–H and O–H groups in total. The molecule has 2 rings (SSSR count). The van der Waals surface area contributed by atoms with Crippen LogP contribution in [0.2, 0.25) is 0 Å². The van der Waals surface area contributed by atoms with Gasteiger partial charge < -0.3 is 20.5 Å². The lowest BCUT2D eigenvalue weighted by atomic mass is 10.2. The lowest BCUT2D eigenvalue weighted by molar-refractivity contribution is 0.0831. The van der Waals surface area contributed by atoms with E-state index in [-0.39, 0.29) is 6.10 Å². The molecule has 0 aromatic carbocycles. The minimum absolute atomic E-state index is 0.228. The molecule has 1 saturated heterocycles. The highest BCUT2D eigenvalue weighted by Crippen LogP contribution is 2.17. The molecule has 0 aromatic heterocycles. The third-order valence-electron chi connectivity index (χ3n) is 2.40. The highest BCUT2D eigenvalue weighted by Gasteiger charge is 2.20. The maximum absolute atomic E-state index is 5.81. The van der Waals surface area contributed by atoms with E-state index in [2.05, 4.69) is 5.32 Å². The molecule has 2 heterocycles. The second kappa shape index (κ2) is 3.98. The Labute approximate surface area is 78.1 Å². The van der Waals surface area contributed by atoms with Crippen molar-refractivity contribution in [1.29, 1.82) is 0 Å². The van der Waals surface area contributed by atoms with Crippen LogP contribution in [0, 0.1) is 0 Å². The fourth-order valence-electron chi connectivity index (χ4n) is 1.63. The average molecular weight is 184 g/mol. The molecule has 1 unspecified atom stereocenters. The Morgan fingerprint density at radius 1 is 1.54 bits per heavy atom. The van der Waals surface area contributed by atoms with Gasteiger partial charge in [-0.15, -0.1) is 0 Å². The van der Waals surface area contributed by atoms with Crippen LogP contribution < -0.4 is 11.1 Å². The van der Waals surface area contributed by atoms with Gasteiger partial charge in [0.1, 0.15) is 11.9 Å². The molecule has 74 valence electrons. The predicted molar refractivity (Wildman–Crippen MR) is 49.0 cm³/mol. The average Bonchev–Trinajstić information content (AvgIpc) is 2.61. The molecule has 4 heteroatoms. The summed E-state index contributed by atoms with van der Waals surface area (Å²) in [5.74, 6) is 0.967. The van der Waals surface area contributed by atoms with Crippen molar-refractivity contribution >= 4 is 0 Å². The Hall–Kier alpha value is -0.740. The molecule has 0 bridgehead atoms. The molecule has 2 aliphatic rings. The van der Waals surface area contributed by atoms with Gasteiger partial charge in [0.15, 0.2) is 0 Å². The van der Waals surface area contributed by atoms with E-state index in [1.165, 1.54) is 0 Å². The highest BCUT2D eigenvalue weighted by atomic mass is 16.5. The zero-order chi connectivity index (χ0) is 9.10. The first-order valence-corrected chi connectivity index (χ1v) is 4.79. The van der Waals surface area contributed by atoms with Crippen LogP contribution in [0.15, 0.2) is 11.5 Å². The van der Waals surface area contributed by atoms with E-state index in [1.54, 1.807) is 0 Å². The Bertz CT molecular complexity index is 210. The monoisotopic (exact) mass is 184 g/mol. The van der Waals surface area contributed by atoms with Gasteiger partial charge in [-0.3, -0.25) is 0 Å². The van der Waals surface area contributed by atoms with E-state index in [0.29, 0.717) is 6.61 Å². The number of nitrogens with two attached hydrogens (primary N) is 1. The topological polar surface area (TPSA) is 56.5 Å². The molecule has 1 atom stereocenters. The smallest absolute Gasteiger partial charge is 0.124 e. The van der Waals surface area contributed by atoms with Crippen LogP contribution >= 0.6 is 0 Å². The summed E-state index contributed by atoms with van der Waals surface area (Å²) in [5.41, 5.74) is 6.65. The van der Waals surface area contributed by atoms with Crippen LogP contribution in [0.25, 0.3) is 0 Å². The van der Waals surface area contributed by atoms with Gasteiger partial charge in [0.25, 0.3) is 0 Å². The summed E-state index contributed by atoms with van der Waals surface area (Å²) in [6.45, 7) is 3.24. The summed E-state index contributed by atoms with van der Waals surface area (Å²) in [5, 5.41) is 3.20. The fraction of sp³-hybridized carbons (Fsp3) is 0.778. The van der Waals surface area contributed by atoms with Gasteiger partial charge in [-0.05, 0) is 0 Å². The Balaban J connectivity index is 1.91. The predicted octanol–water partition coefficient (Wildman–Crippen LogP) is -0.0445. The largest absolute Gasteiger partial charge is 0.490 e. The Morgan fingerprint density at radius 3 is 3.15 bits per heavy atom. The van der Waals surface area contributed by atoms with Crippen LogP contribution in [-0.4, -0.2) is 32.4 Å². The number of hydrogen-bond donors (Lipinski definition) is 2. The van der Waals surface area contributed by atoms with E-state index < -0.39 is 0 Å². The second-order valence-electron chi connectivity index (χ2n) is 3.48. The first-order chi connectivity index (χ1) is 6.36. The molecule has 0 saturated carbocycles. The summed E-state index contributed by atoms with van der Waals surface area (Å²) in [7, 11) is 0. The van der Waals surface area contributed by atoms with E-state index in [4.69, 9.17) is 15.2 Å². The number of hydrogen-bond acceptors (Lipinski definition) is 4. The van der Waals surface area contributed by atoms with Gasteiger partial charge in [0.05, 0.1) is 18.9 Å². The van der Waals surface area contributed by atoms with Gasteiger partial charge in [0.2, 0.25) is 0 Å². The number of ether oxygens (including phenoxy) is 2. The standard InChI is InChI=1S/C9H16N2O2/c10-8-5-11-3-1-9(8)13-7-2-4-12-6-7/h7,11H,1-6,10H2. The summed E-state index contributed by atoms with van der Waals surface area (Å²) < 4.78 is 11.0. The summed E-state index contributed by atoms with van der Waals surface area (Å²) in [4.78, 5) is 0. The van der Waals surface area contributed by atoms with Gasteiger partial charge in [-0.25, -0.2) is 0 Å². The summed E-state index contributed by atoms with van der Waals surface area (Å²) in [6.07, 6.45) is 2.12. The van der Waals surface area contributed by atoms with Crippen LogP contribution in [0.1, 0.15) is 12.8 Å². The molecule has 0 radical (unpaired) electrons. The summed E-state index contributed by atoms with van der Waals surface area (Å²) in [6, 6.07) is 0. The molecule has 13 heavy (non-hydrogen) atoms. The van der Waals surface area contributed by atoms with E-state index >= 15 is 0 Å². The van der Waals surface area contributed by atoms with Crippen molar-refractivity contribution in [2.75, 3.05) is 26.3 Å². The summed E-state index contributed by atoms with van der Waals surface area (Å²) >= 11 is 0. The van der Waals surface area contributed by atoms with E-state index in [9.17, 15) is 0 Å². The molecule has 0 aliphatic carbocycles. The fourth-order valence-corrected chi connectivity index (χ4v) is 1.63. The van der Waals surface area contributed by atoms with Gasteiger partial charge >= 0.3 is 0 Å². The van der Waals surface area contributed by atoms with Crippen LogP contribution in [0.3, 0.4) is 0 Å². The van der Waals surface area contributed by atoms with E-state index in [0.717, 1.165) is 44.0 Å². The molecule has 4 nitrogen and oxygen atoms in total. The molecule has 2 aliphatic heterocycles. The molecular formula is C9H16N2O2. The van der Waals surface area contributed by atoms with Crippen LogP contribution in [0.4, 0.5) is 0 Å². The minimum Gasteiger partial charge on any atom is -0.490 e. The number of rotatable bonds is 2. The van der Waals surface area contributed by atoms with Gasteiger partial charge in [-0.1, -0.05) is 0 Å². The lowest BCUT2D eigenvalue weighted by Gasteiger charge is -2.21. The quantitative estimate of drug-likeness (QED) is 0.632. The third kappa shape index (κ3) is 2.14. The maximum Gasteiger partial charge on any atom is 0.124 e. The van der Waals surface area contributed by atoms with Crippen molar-refractivity contribution in [3.8, 4) is 0 Å². The van der Waals surface area contributed by atoms with Crippen molar-refractivity contribution in [2.24, 2.45) is 5.73 Å². The Morgan fingerprint density at radius 2 is 2.46 bits per heavy atom. The Kier molecular flexibility index (Phi) is 2.71. The zero-order valence-corrected chi connectivity index (χ0v) is 7.71.